The Hall–Kier alpha value is -3.35. The van der Waals surface area contributed by atoms with E-state index < -0.39 is 17.5 Å². The molecule has 2 N–H and O–H groups in total. The molecule has 28 heavy (non-hydrogen) atoms. The molecule has 144 valence electrons. The van der Waals surface area contributed by atoms with Gasteiger partial charge in [-0.1, -0.05) is 24.3 Å². The molecule has 4 amide bonds. The molecular weight excluding hydrogens is 358 g/mol. The van der Waals surface area contributed by atoms with Crippen molar-refractivity contribution in [1.82, 2.24) is 10.2 Å². The molecule has 0 bridgehead atoms. The van der Waals surface area contributed by atoms with E-state index >= 15 is 0 Å². The van der Waals surface area contributed by atoms with Crippen LogP contribution in [0, 0.1) is 5.92 Å². The monoisotopic (exact) mass is 379 g/mol. The molecule has 2 fully saturated rings. The number of imide groups is 1. The number of rotatable bonds is 6. The number of carbonyl (C=O) groups is 3. The van der Waals surface area contributed by atoms with Crippen LogP contribution < -0.4 is 15.4 Å². The summed E-state index contributed by atoms with van der Waals surface area (Å²) in [7, 11) is 0. The van der Waals surface area contributed by atoms with E-state index in [1.54, 1.807) is 31.2 Å². The van der Waals surface area contributed by atoms with Crippen LogP contribution in [0.15, 0.2) is 54.6 Å². The van der Waals surface area contributed by atoms with Gasteiger partial charge in [0.1, 0.15) is 23.6 Å². The zero-order valence-corrected chi connectivity index (χ0v) is 15.5. The highest BCUT2D eigenvalue weighted by atomic mass is 16.5. The lowest BCUT2D eigenvalue weighted by molar-refractivity contribution is -0.134. The minimum Gasteiger partial charge on any atom is -0.457 e. The third-order valence-corrected chi connectivity index (χ3v) is 5.09. The number of benzene rings is 2. The third-order valence-electron chi connectivity index (χ3n) is 5.09. The van der Waals surface area contributed by atoms with E-state index in [2.05, 4.69) is 10.6 Å². The van der Waals surface area contributed by atoms with Crippen molar-refractivity contribution in [3.8, 4) is 11.5 Å². The van der Waals surface area contributed by atoms with Gasteiger partial charge in [0.25, 0.3) is 5.91 Å². The number of para-hydroxylation sites is 1. The number of hydrogen-bond donors (Lipinski definition) is 2. The third kappa shape index (κ3) is 3.55. The Labute approximate surface area is 162 Å². The summed E-state index contributed by atoms with van der Waals surface area (Å²) in [5.74, 6) is 0.630. The molecule has 2 aromatic carbocycles. The molecule has 1 aliphatic heterocycles. The van der Waals surface area contributed by atoms with Crippen molar-refractivity contribution in [2.75, 3.05) is 11.9 Å². The molecule has 1 atom stereocenters. The number of ether oxygens (including phenoxy) is 1. The predicted molar refractivity (Wildman–Crippen MR) is 103 cm³/mol. The average Bonchev–Trinajstić information content (AvgIpc) is 3.49. The SMILES string of the molecule is C[C@@]1(C2CC2)NC(=O)N(CC(=O)Nc2cccc(Oc3ccccc3)c2)C1=O. The fourth-order valence-corrected chi connectivity index (χ4v) is 3.40. The Bertz CT molecular complexity index is 926. The number of amides is 4. The summed E-state index contributed by atoms with van der Waals surface area (Å²) in [5, 5.41) is 5.45. The Morgan fingerprint density at radius 2 is 1.86 bits per heavy atom. The van der Waals surface area contributed by atoms with Gasteiger partial charge < -0.3 is 15.4 Å². The van der Waals surface area contributed by atoms with Gasteiger partial charge in [-0.25, -0.2) is 4.79 Å². The van der Waals surface area contributed by atoms with E-state index in [1.807, 2.05) is 30.3 Å². The summed E-state index contributed by atoms with van der Waals surface area (Å²) >= 11 is 0. The Morgan fingerprint density at radius 3 is 2.57 bits per heavy atom. The molecule has 2 aromatic rings. The zero-order valence-electron chi connectivity index (χ0n) is 15.5. The molecule has 0 unspecified atom stereocenters. The number of carbonyl (C=O) groups excluding carboxylic acids is 3. The van der Waals surface area contributed by atoms with E-state index in [-0.39, 0.29) is 18.4 Å². The maximum Gasteiger partial charge on any atom is 0.325 e. The molecule has 1 saturated carbocycles. The van der Waals surface area contributed by atoms with Crippen LogP contribution in [0.4, 0.5) is 10.5 Å². The first-order valence-corrected chi connectivity index (χ1v) is 9.22. The number of anilines is 1. The highest BCUT2D eigenvalue weighted by Crippen LogP contribution is 2.42. The molecule has 0 spiro atoms. The largest absolute Gasteiger partial charge is 0.457 e. The molecule has 2 aliphatic rings. The number of nitrogens with zero attached hydrogens (tertiary/aromatic N) is 1. The maximum atomic E-state index is 12.6. The lowest BCUT2D eigenvalue weighted by Gasteiger charge is -2.20. The highest BCUT2D eigenvalue weighted by molar-refractivity contribution is 6.10. The lowest BCUT2D eigenvalue weighted by Crippen LogP contribution is -2.46. The second-order valence-corrected chi connectivity index (χ2v) is 7.29. The van der Waals surface area contributed by atoms with Crippen LogP contribution in [0.2, 0.25) is 0 Å². The van der Waals surface area contributed by atoms with Crippen molar-refractivity contribution >= 4 is 23.5 Å². The minimum absolute atomic E-state index is 0.156. The van der Waals surface area contributed by atoms with E-state index in [0.717, 1.165) is 17.7 Å². The van der Waals surface area contributed by atoms with Crippen molar-refractivity contribution < 1.29 is 19.1 Å². The quantitative estimate of drug-likeness (QED) is 0.755. The summed E-state index contributed by atoms with van der Waals surface area (Å²) in [4.78, 5) is 38.2. The van der Waals surface area contributed by atoms with Crippen molar-refractivity contribution in [3.63, 3.8) is 0 Å². The second-order valence-electron chi connectivity index (χ2n) is 7.29. The van der Waals surface area contributed by atoms with Gasteiger partial charge in [0.15, 0.2) is 0 Å². The van der Waals surface area contributed by atoms with Gasteiger partial charge in [-0.3, -0.25) is 14.5 Å². The van der Waals surface area contributed by atoms with Gasteiger partial charge in [0.05, 0.1) is 0 Å². The van der Waals surface area contributed by atoms with E-state index in [1.165, 1.54) is 0 Å². The van der Waals surface area contributed by atoms with Crippen molar-refractivity contribution in [1.29, 1.82) is 0 Å². The van der Waals surface area contributed by atoms with Crippen LogP contribution in [-0.4, -0.2) is 34.8 Å². The Balaban J connectivity index is 1.39. The Morgan fingerprint density at radius 1 is 1.14 bits per heavy atom. The van der Waals surface area contributed by atoms with E-state index in [9.17, 15) is 14.4 Å². The molecule has 0 radical (unpaired) electrons. The summed E-state index contributed by atoms with van der Waals surface area (Å²) in [6.45, 7) is 1.41. The van der Waals surface area contributed by atoms with Crippen LogP contribution >= 0.6 is 0 Å². The highest BCUT2D eigenvalue weighted by Gasteiger charge is 2.56. The molecular formula is C21H21N3O4. The first-order valence-electron chi connectivity index (χ1n) is 9.22. The number of hydrogen-bond acceptors (Lipinski definition) is 4. The van der Waals surface area contributed by atoms with Crippen molar-refractivity contribution in [3.05, 3.63) is 54.6 Å². The first kappa shape index (κ1) is 18.0. The van der Waals surface area contributed by atoms with Gasteiger partial charge in [-0.05, 0) is 49.9 Å². The lowest BCUT2D eigenvalue weighted by atomic mass is 9.96. The zero-order chi connectivity index (χ0) is 19.7. The van der Waals surface area contributed by atoms with Crippen LogP contribution in [0.25, 0.3) is 0 Å². The van der Waals surface area contributed by atoms with Gasteiger partial charge in [-0.15, -0.1) is 0 Å². The molecule has 1 saturated heterocycles. The number of urea groups is 1. The fraction of sp³-hybridized carbons (Fsp3) is 0.286. The maximum absolute atomic E-state index is 12.6. The van der Waals surface area contributed by atoms with E-state index in [4.69, 9.17) is 4.74 Å². The summed E-state index contributed by atoms with van der Waals surface area (Å²) in [6, 6.07) is 15.7. The van der Waals surface area contributed by atoms with Crippen LogP contribution in [0.5, 0.6) is 11.5 Å². The summed E-state index contributed by atoms with van der Waals surface area (Å²) in [6.07, 6.45) is 1.83. The molecule has 7 nitrogen and oxygen atoms in total. The average molecular weight is 379 g/mol. The normalized spacial score (nSPS) is 21.4. The summed E-state index contributed by atoms with van der Waals surface area (Å²) in [5.41, 5.74) is -0.365. The number of nitrogens with one attached hydrogen (secondary N) is 2. The smallest absolute Gasteiger partial charge is 0.325 e. The van der Waals surface area contributed by atoms with E-state index in [0.29, 0.717) is 17.2 Å². The molecule has 4 rings (SSSR count). The van der Waals surface area contributed by atoms with Crippen LogP contribution in [-0.2, 0) is 9.59 Å². The summed E-state index contributed by atoms with van der Waals surface area (Å²) < 4.78 is 5.75. The first-order chi connectivity index (χ1) is 13.5. The molecule has 0 aromatic heterocycles. The van der Waals surface area contributed by atoms with Crippen molar-refractivity contribution in [2.24, 2.45) is 5.92 Å². The van der Waals surface area contributed by atoms with Crippen molar-refractivity contribution in [2.45, 2.75) is 25.3 Å². The predicted octanol–water partition coefficient (Wildman–Crippen LogP) is 3.14. The van der Waals surface area contributed by atoms with Gasteiger partial charge in [-0.2, -0.15) is 0 Å². The van der Waals surface area contributed by atoms with Crippen LogP contribution in [0.1, 0.15) is 19.8 Å². The van der Waals surface area contributed by atoms with Crippen LogP contribution in [0.3, 0.4) is 0 Å². The molecule has 1 heterocycles. The van der Waals surface area contributed by atoms with Gasteiger partial charge in [0, 0.05) is 11.8 Å². The second kappa shape index (κ2) is 6.99. The topological polar surface area (TPSA) is 87.7 Å². The molecule has 1 aliphatic carbocycles. The fourth-order valence-electron chi connectivity index (χ4n) is 3.40. The Kier molecular flexibility index (Phi) is 4.50. The minimum atomic E-state index is -0.888. The van der Waals surface area contributed by atoms with Gasteiger partial charge in [0.2, 0.25) is 5.91 Å². The van der Waals surface area contributed by atoms with Gasteiger partial charge >= 0.3 is 6.03 Å². The standard InChI is InChI=1S/C21H21N3O4/c1-21(14-10-11-14)19(26)24(20(27)23-21)13-18(25)22-15-6-5-9-17(12-15)28-16-7-3-2-4-8-16/h2-9,12,14H,10-11,13H2,1H3,(H,22,25)(H,23,27)/t21-/m0/s1. The molecule has 7 heteroatoms.